The van der Waals surface area contributed by atoms with E-state index >= 15 is 0 Å². The largest absolute Gasteiger partial charge is 0.489 e. The molecular formula is C19H20N2O6. The van der Waals surface area contributed by atoms with E-state index in [1.807, 2.05) is 19.1 Å². The van der Waals surface area contributed by atoms with Crippen LogP contribution in [0.2, 0.25) is 0 Å². The monoisotopic (exact) mass is 372 g/mol. The summed E-state index contributed by atoms with van der Waals surface area (Å²) in [6.45, 7) is 4.37. The summed E-state index contributed by atoms with van der Waals surface area (Å²) in [6, 6.07) is 9.94. The molecule has 0 radical (unpaired) electrons. The van der Waals surface area contributed by atoms with Crippen molar-refractivity contribution in [3.8, 4) is 17.2 Å². The number of aryl methyl sites for hydroxylation is 1. The van der Waals surface area contributed by atoms with Gasteiger partial charge in [0.15, 0.2) is 17.6 Å². The molecule has 0 aromatic heterocycles. The maximum absolute atomic E-state index is 12.5. The van der Waals surface area contributed by atoms with Gasteiger partial charge in [-0.15, -0.1) is 0 Å². The van der Waals surface area contributed by atoms with E-state index in [9.17, 15) is 14.9 Å². The van der Waals surface area contributed by atoms with Crippen LogP contribution in [0.1, 0.15) is 18.9 Å². The molecule has 0 aliphatic carbocycles. The first-order valence-corrected chi connectivity index (χ1v) is 8.56. The van der Waals surface area contributed by atoms with Crippen molar-refractivity contribution in [1.82, 2.24) is 0 Å². The molecule has 1 aliphatic rings. The summed E-state index contributed by atoms with van der Waals surface area (Å²) >= 11 is 0. The van der Waals surface area contributed by atoms with E-state index in [-0.39, 0.29) is 11.4 Å². The van der Waals surface area contributed by atoms with Gasteiger partial charge in [0, 0.05) is 12.5 Å². The number of nitrogens with one attached hydrogen (secondary N) is 1. The van der Waals surface area contributed by atoms with Crippen molar-refractivity contribution < 1.29 is 23.9 Å². The number of anilines is 1. The number of ether oxygens (including phenoxy) is 3. The fourth-order valence-corrected chi connectivity index (χ4v) is 2.56. The highest BCUT2D eigenvalue weighted by Crippen LogP contribution is 2.39. The van der Waals surface area contributed by atoms with Crippen LogP contribution < -0.4 is 19.5 Å². The van der Waals surface area contributed by atoms with Crippen molar-refractivity contribution in [3.63, 3.8) is 0 Å². The van der Waals surface area contributed by atoms with Crippen molar-refractivity contribution in [2.24, 2.45) is 0 Å². The quantitative estimate of drug-likeness (QED) is 0.637. The van der Waals surface area contributed by atoms with Gasteiger partial charge in [-0.25, -0.2) is 0 Å². The molecular weight excluding hydrogens is 352 g/mol. The first-order valence-electron chi connectivity index (χ1n) is 8.56. The molecule has 2 aromatic carbocycles. The third-order valence-electron chi connectivity index (χ3n) is 4.02. The van der Waals surface area contributed by atoms with Gasteiger partial charge in [0.05, 0.1) is 24.2 Å². The number of hydrogen-bond acceptors (Lipinski definition) is 6. The van der Waals surface area contributed by atoms with Crippen molar-refractivity contribution in [2.45, 2.75) is 26.4 Å². The second-order valence-corrected chi connectivity index (χ2v) is 6.19. The summed E-state index contributed by atoms with van der Waals surface area (Å²) in [5, 5.41) is 13.9. The molecule has 1 atom stereocenters. The van der Waals surface area contributed by atoms with Gasteiger partial charge in [0.1, 0.15) is 11.4 Å². The highest BCUT2D eigenvalue weighted by molar-refractivity contribution is 5.96. The third kappa shape index (κ3) is 4.46. The van der Waals surface area contributed by atoms with Gasteiger partial charge < -0.3 is 19.5 Å². The van der Waals surface area contributed by atoms with Crippen LogP contribution in [0.3, 0.4) is 0 Å². The Hall–Kier alpha value is -3.29. The zero-order valence-corrected chi connectivity index (χ0v) is 15.1. The van der Waals surface area contributed by atoms with Crippen LogP contribution in [0.4, 0.5) is 11.4 Å². The van der Waals surface area contributed by atoms with Crippen molar-refractivity contribution >= 4 is 17.3 Å². The molecule has 8 nitrogen and oxygen atoms in total. The van der Waals surface area contributed by atoms with Crippen LogP contribution in [0.15, 0.2) is 36.4 Å². The number of benzene rings is 2. The normalized spacial score (nSPS) is 14.0. The second kappa shape index (κ2) is 7.94. The zero-order valence-electron chi connectivity index (χ0n) is 15.1. The molecule has 0 spiro atoms. The number of nitro benzene ring substituents is 1. The fraction of sp³-hybridized carbons (Fsp3) is 0.316. The maximum atomic E-state index is 12.5. The lowest BCUT2D eigenvalue weighted by Crippen LogP contribution is -2.30. The SMILES string of the molecule is Cc1ccc(OC(C)C(=O)Nc2cc3c(cc2[N+](=O)[O-])OCCCO3)cc1. The Morgan fingerprint density at radius 2 is 1.81 bits per heavy atom. The van der Waals surface area contributed by atoms with E-state index in [1.165, 1.54) is 12.1 Å². The number of carbonyl (C=O) groups excluding carboxylic acids is 1. The highest BCUT2D eigenvalue weighted by atomic mass is 16.6. The Morgan fingerprint density at radius 3 is 2.44 bits per heavy atom. The Morgan fingerprint density at radius 1 is 1.19 bits per heavy atom. The molecule has 0 fully saturated rings. The summed E-state index contributed by atoms with van der Waals surface area (Å²) in [7, 11) is 0. The Kier molecular flexibility index (Phi) is 5.44. The van der Waals surface area contributed by atoms with E-state index in [0.717, 1.165) is 5.56 Å². The summed E-state index contributed by atoms with van der Waals surface area (Å²) in [6.07, 6.45) is -0.172. The summed E-state index contributed by atoms with van der Waals surface area (Å²) in [4.78, 5) is 23.3. The van der Waals surface area contributed by atoms with Gasteiger partial charge in [-0.1, -0.05) is 17.7 Å². The molecule has 27 heavy (non-hydrogen) atoms. The topological polar surface area (TPSA) is 99.9 Å². The average Bonchev–Trinajstić information content (AvgIpc) is 2.87. The van der Waals surface area contributed by atoms with Gasteiger partial charge in [-0.2, -0.15) is 0 Å². The number of hydrogen-bond donors (Lipinski definition) is 1. The van der Waals surface area contributed by atoms with E-state index in [2.05, 4.69) is 5.32 Å². The predicted molar refractivity (Wildman–Crippen MR) is 98.6 cm³/mol. The zero-order chi connectivity index (χ0) is 19.4. The molecule has 0 saturated carbocycles. The van der Waals surface area contributed by atoms with E-state index < -0.39 is 16.9 Å². The Bertz CT molecular complexity index is 850. The predicted octanol–water partition coefficient (Wildman–Crippen LogP) is 3.47. The van der Waals surface area contributed by atoms with Crippen LogP contribution in [0, 0.1) is 17.0 Å². The number of fused-ring (bicyclic) bond motifs is 1. The molecule has 0 saturated heterocycles. The molecule has 8 heteroatoms. The van der Waals surface area contributed by atoms with Crippen LogP contribution in [0.5, 0.6) is 17.2 Å². The summed E-state index contributed by atoms with van der Waals surface area (Å²) in [5.74, 6) is 0.686. The van der Waals surface area contributed by atoms with Gasteiger partial charge in [-0.3, -0.25) is 14.9 Å². The number of nitro groups is 1. The number of rotatable bonds is 5. The van der Waals surface area contributed by atoms with Gasteiger partial charge in [0.2, 0.25) is 0 Å². The molecule has 142 valence electrons. The number of nitrogens with zero attached hydrogens (tertiary/aromatic N) is 1. The standard InChI is InChI=1S/C19H20N2O6/c1-12-4-6-14(7-5-12)27-13(2)19(22)20-15-10-17-18(11-16(15)21(23)24)26-9-3-8-25-17/h4-7,10-11,13H,3,8-9H2,1-2H3,(H,20,22). The fourth-order valence-electron chi connectivity index (χ4n) is 2.56. The molecule has 1 amide bonds. The van der Waals surface area contributed by atoms with Gasteiger partial charge in [-0.05, 0) is 26.0 Å². The molecule has 1 heterocycles. The third-order valence-corrected chi connectivity index (χ3v) is 4.02. The molecule has 0 bridgehead atoms. The molecule has 1 unspecified atom stereocenters. The smallest absolute Gasteiger partial charge is 0.296 e. The minimum Gasteiger partial charge on any atom is -0.489 e. The lowest BCUT2D eigenvalue weighted by atomic mass is 10.2. The minimum absolute atomic E-state index is 0.0357. The lowest BCUT2D eigenvalue weighted by Gasteiger charge is -2.16. The summed E-state index contributed by atoms with van der Waals surface area (Å²) < 4.78 is 16.6. The molecule has 2 aromatic rings. The molecule has 1 aliphatic heterocycles. The van der Waals surface area contributed by atoms with E-state index in [1.54, 1.807) is 19.1 Å². The maximum Gasteiger partial charge on any atom is 0.296 e. The molecule has 1 N–H and O–H groups in total. The van der Waals surface area contributed by atoms with Crippen molar-refractivity contribution in [3.05, 3.63) is 52.1 Å². The minimum atomic E-state index is -0.844. The average molecular weight is 372 g/mol. The van der Waals surface area contributed by atoms with Crippen molar-refractivity contribution in [2.75, 3.05) is 18.5 Å². The lowest BCUT2D eigenvalue weighted by molar-refractivity contribution is -0.384. The number of amides is 1. The first-order chi connectivity index (χ1) is 12.9. The Balaban J connectivity index is 1.78. The van der Waals surface area contributed by atoms with Gasteiger partial charge in [0.25, 0.3) is 11.6 Å². The highest BCUT2D eigenvalue weighted by Gasteiger charge is 2.25. The second-order valence-electron chi connectivity index (χ2n) is 6.19. The van der Waals surface area contributed by atoms with Crippen LogP contribution in [-0.4, -0.2) is 30.1 Å². The first kappa shape index (κ1) is 18.5. The van der Waals surface area contributed by atoms with Crippen LogP contribution in [-0.2, 0) is 4.79 Å². The van der Waals surface area contributed by atoms with E-state index in [0.29, 0.717) is 36.9 Å². The van der Waals surface area contributed by atoms with Crippen LogP contribution in [0.25, 0.3) is 0 Å². The van der Waals surface area contributed by atoms with Gasteiger partial charge >= 0.3 is 0 Å². The summed E-state index contributed by atoms with van der Waals surface area (Å²) in [5.41, 5.74) is 0.839. The van der Waals surface area contributed by atoms with Crippen LogP contribution >= 0.6 is 0 Å². The number of carbonyl (C=O) groups is 1. The van der Waals surface area contributed by atoms with E-state index in [4.69, 9.17) is 14.2 Å². The Labute approximate surface area is 156 Å². The molecule has 3 rings (SSSR count). The van der Waals surface area contributed by atoms with Crippen molar-refractivity contribution in [1.29, 1.82) is 0 Å².